The Morgan fingerprint density at radius 2 is 2.14 bits per heavy atom. The standard InChI is InChI=1S/C12H25NO/c1-4-6-7-11(3)13-10-12(5-2)8-9-14/h4,11-14H,1,5-10H2,2-3H3. The van der Waals surface area contributed by atoms with Crippen molar-refractivity contribution in [2.24, 2.45) is 5.92 Å². The first-order valence-corrected chi connectivity index (χ1v) is 5.69. The van der Waals surface area contributed by atoms with E-state index in [-0.39, 0.29) is 0 Å². The molecular formula is C12H25NO. The molecule has 84 valence electrons. The van der Waals surface area contributed by atoms with Gasteiger partial charge in [-0.15, -0.1) is 6.58 Å². The fourth-order valence-corrected chi connectivity index (χ4v) is 1.47. The minimum atomic E-state index is 0.307. The van der Waals surface area contributed by atoms with Gasteiger partial charge in [-0.05, 0) is 38.6 Å². The van der Waals surface area contributed by atoms with Crippen molar-refractivity contribution in [2.75, 3.05) is 13.2 Å². The molecule has 2 N–H and O–H groups in total. The van der Waals surface area contributed by atoms with E-state index in [4.69, 9.17) is 5.11 Å². The summed E-state index contributed by atoms with van der Waals surface area (Å²) < 4.78 is 0. The highest BCUT2D eigenvalue weighted by Crippen LogP contribution is 2.07. The maximum Gasteiger partial charge on any atom is 0.0434 e. The molecule has 0 amide bonds. The summed E-state index contributed by atoms with van der Waals surface area (Å²) in [5.74, 6) is 0.617. The zero-order valence-electron chi connectivity index (χ0n) is 9.63. The van der Waals surface area contributed by atoms with E-state index in [2.05, 4.69) is 25.7 Å². The molecule has 2 nitrogen and oxygen atoms in total. The molecule has 0 rings (SSSR count). The van der Waals surface area contributed by atoms with Crippen molar-refractivity contribution in [3.63, 3.8) is 0 Å². The van der Waals surface area contributed by atoms with Crippen LogP contribution in [0.4, 0.5) is 0 Å². The van der Waals surface area contributed by atoms with E-state index in [1.807, 2.05) is 6.08 Å². The Morgan fingerprint density at radius 3 is 2.64 bits per heavy atom. The SMILES string of the molecule is C=CCCC(C)NCC(CC)CCO. The number of hydrogen-bond acceptors (Lipinski definition) is 2. The lowest BCUT2D eigenvalue weighted by atomic mass is 10.0. The smallest absolute Gasteiger partial charge is 0.0434 e. The molecule has 0 aromatic heterocycles. The molecule has 0 saturated carbocycles. The van der Waals surface area contributed by atoms with E-state index < -0.39 is 0 Å². The number of allylic oxidation sites excluding steroid dienone is 1. The van der Waals surface area contributed by atoms with Gasteiger partial charge in [0, 0.05) is 12.6 Å². The van der Waals surface area contributed by atoms with Gasteiger partial charge in [0.05, 0.1) is 0 Å². The Hall–Kier alpha value is -0.340. The van der Waals surface area contributed by atoms with Crippen LogP contribution in [-0.2, 0) is 0 Å². The van der Waals surface area contributed by atoms with Crippen LogP contribution in [0, 0.1) is 5.92 Å². The molecular weight excluding hydrogens is 174 g/mol. The molecule has 0 aliphatic carbocycles. The first-order valence-electron chi connectivity index (χ1n) is 5.69. The maximum absolute atomic E-state index is 8.83. The third-order valence-electron chi connectivity index (χ3n) is 2.67. The second kappa shape index (κ2) is 9.22. The molecule has 2 unspecified atom stereocenters. The van der Waals surface area contributed by atoms with Crippen LogP contribution in [0.2, 0.25) is 0 Å². The third-order valence-corrected chi connectivity index (χ3v) is 2.67. The number of nitrogens with one attached hydrogen (secondary N) is 1. The van der Waals surface area contributed by atoms with Crippen LogP contribution in [-0.4, -0.2) is 24.3 Å². The van der Waals surface area contributed by atoms with Gasteiger partial charge < -0.3 is 10.4 Å². The van der Waals surface area contributed by atoms with Crippen molar-refractivity contribution >= 4 is 0 Å². The molecule has 2 heteroatoms. The summed E-state index contributed by atoms with van der Waals surface area (Å²) in [4.78, 5) is 0. The zero-order chi connectivity index (χ0) is 10.8. The average Bonchev–Trinajstić information content (AvgIpc) is 2.21. The minimum Gasteiger partial charge on any atom is -0.396 e. The second-order valence-electron chi connectivity index (χ2n) is 3.96. The molecule has 2 atom stereocenters. The van der Waals surface area contributed by atoms with Gasteiger partial charge in [-0.3, -0.25) is 0 Å². The number of aliphatic hydroxyl groups is 1. The van der Waals surface area contributed by atoms with E-state index in [1.54, 1.807) is 0 Å². The predicted molar refractivity (Wildman–Crippen MR) is 62.4 cm³/mol. The van der Waals surface area contributed by atoms with Gasteiger partial charge >= 0.3 is 0 Å². The van der Waals surface area contributed by atoms with Gasteiger partial charge in [-0.2, -0.15) is 0 Å². The summed E-state index contributed by atoms with van der Waals surface area (Å²) in [6, 6.07) is 0.556. The molecule has 0 aromatic rings. The van der Waals surface area contributed by atoms with E-state index in [1.165, 1.54) is 0 Å². The molecule has 0 radical (unpaired) electrons. The quantitative estimate of drug-likeness (QED) is 0.559. The van der Waals surface area contributed by atoms with Crippen LogP contribution >= 0.6 is 0 Å². The Morgan fingerprint density at radius 1 is 1.43 bits per heavy atom. The van der Waals surface area contributed by atoms with Crippen molar-refractivity contribution in [1.29, 1.82) is 0 Å². The van der Waals surface area contributed by atoms with E-state index in [0.29, 0.717) is 18.6 Å². The van der Waals surface area contributed by atoms with Gasteiger partial charge in [0.2, 0.25) is 0 Å². The van der Waals surface area contributed by atoms with E-state index in [0.717, 1.165) is 32.2 Å². The zero-order valence-corrected chi connectivity index (χ0v) is 9.63. The Bertz CT molecular complexity index is 136. The van der Waals surface area contributed by atoms with Crippen LogP contribution in [0.1, 0.15) is 39.5 Å². The molecule has 14 heavy (non-hydrogen) atoms. The van der Waals surface area contributed by atoms with Gasteiger partial charge in [0.15, 0.2) is 0 Å². The van der Waals surface area contributed by atoms with Crippen molar-refractivity contribution in [3.05, 3.63) is 12.7 Å². The number of rotatable bonds is 9. The van der Waals surface area contributed by atoms with E-state index in [9.17, 15) is 0 Å². The Balaban J connectivity index is 3.51. The largest absolute Gasteiger partial charge is 0.396 e. The molecule has 0 fully saturated rings. The van der Waals surface area contributed by atoms with Crippen molar-refractivity contribution in [1.82, 2.24) is 5.32 Å². The lowest BCUT2D eigenvalue weighted by Gasteiger charge is -2.18. The van der Waals surface area contributed by atoms with Gasteiger partial charge in [0.1, 0.15) is 0 Å². The van der Waals surface area contributed by atoms with Gasteiger partial charge in [-0.25, -0.2) is 0 Å². The highest BCUT2D eigenvalue weighted by molar-refractivity contribution is 4.72. The van der Waals surface area contributed by atoms with Gasteiger partial charge in [-0.1, -0.05) is 19.4 Å². The van der Waals surface area contributed by atoms with E-state index >= 15 is 0 Å². The normalized spacial score (nSPS) is 15.1. The highest BCUT2D eigenvalue weighted by atomic mass is 16.3. The second-order valence-corrected chi connectivity index (χ2v) is 3.96. The molecule has 0 heterocycles. The fourth-order valence-electron chi connectivity index (χ4n) is 1.47. The summed E-state index contributed by atoms with van der Waals surface area (Å²) in [5.41, 5.74) is 0. The summed E-state index contributed by atoms with van der Waals surface area (Å²) in [7, 11) is 0. The third kappa shape index (κ3) is 7.10. The number of hydrogen-bond donors (Lipinski definition) is 2. The Labute approximate surface area is 88.4 Å². The predicted octanol–water partition coefficient (Wildman–Crippen LogP) is 2.34. The van der Waals surface area contributed by atoms with Crippen molar-refractivity contribution < 1.29 is 5.11 Å². The van der Waals surface area contributed by atoms with Crippen LogP contribution in [0.15, 0.2) is 12.7 Å². The van der Waals surface area contributed by atoms with Crippen LogP contribution in [0.5, 0.6) is 0 Å². The van der Waals surface area contributed by atoms with Crippen LogP contribution in [0.25, 0.3) is 0 Å². The first kappa shape index (κ1) is 13.7. The van der Waals surface area contributed by atoms with Gasteiger partial charge in [0.25, 0.3) is 0 Å². The highest BCUT2D eigenvalue weighted by Gasteiger charge is 2.07. The molecule has 0 bridgehead atoms. The summed E-state index contributed by atoms with van der Waals surface area (Å²) >= 11 is 0. The fraction of sp³-hybridized carbons (Fsp3) is 0.833. The molecule has 0 aliphatic heterocycles. The number of aliphatic hydroxyl groups excluding tert-OH is 1. The molecule has 0 saturated heterocycles. The summed E-state index contributed by atoms with van der Waals surface area (Å²) in [6.07, 6.45) is 6.24. The van der Waals surface area contributed by atoms with Crippen LogP contribution in [0.3, 0.4) is 0 Å². The molecule has 0 aromatic carbocycles. The summed E-state index contributed by atoms with van der Waals surface area (Å²) in [6.45, 7) is 9.42. The monoisotopic (exact) mass is 199 g/mol. The topological polar surface area (TPSA) is 32.3 Å². The first-order chi connectivity index (χ1) is 6.74. The van der Waals surface area contributed by atoms with Crippen LogP contribution < -0.4 is 5.32 Å². The average molecular weight is 199 g/mol. The summed E-state index contributed by atoms with van der Waals surface area (Å²) in [5, 5.41) is 12.3. The lowest BCUT2D eigenvalue weighted by molar-refractivity contribution is 0.248. The molecule has 0 aliphatic rings. The van der Waals surface area contributed by atoms with Crippen molar-refractivity contribution in [3.8, 4) is 0 Å². The lowest BCUT2D eigenvalue weighted by Crippen LogP contribution is -2.31. The molecule has 0 spiro atoms. The Kier molecular flexibility index (Phi) is 9.00. The maximum atomic E-state index is 8.83. The van der Waals surface area contributed by atoms with Crippen molar-refractivity contribution in [2.45, 2.75) is 45.6 Å². The minimum absolute atomic E-state index is 0.307.